The number of nitrogens with zero attached hydrogens (tertiary/aromatic N) is 6. The molecule has 0 aliphatic carbocycles. The van der Waals surface area contributed by atoms with Crippen molar-refractivity contribution in [2.24, 2.45) is 5.11 Å². The fraction of sp³-hybridized carbons (Fsp3) is 0.471. The molecule has 0 spiro atoms. The van der Waals surface area contributed by atoms with E-state index in [1.165, 1.54) is 25.5 Å². The van der Waals surface area contributed by atoms with Gasteiger partial charge in [-0.2, -0.15) is 0 Å². The Bertz CT molecular complexity index is 638. The minimum atomic E-state index is 0.526. The van der Waals surface area contributed by atoms with Crippen molar-refractivity contribution in [1.29, 1.82) is 0 Å². The molecular formula is C17H24N6O. The van der Waals surface area contributed by atoms with Gasteiger partial charge in [0, 0.05) is 24.5 Å². The van der Waals surface area contributed by atoms with Gasteiger partial charge in [0.1, 0.15) is 12.2 Å². The average molecular weight is 328 g/mol. The summed E-state index contributed by atoms with van der Waals surface area (Å²) in [5.74, 6) is 0. The molecule has 0 saturated carbocycles. The van der Waals surface area contributed by atoms with Crippen LogP contribution < -0.4 is 0 Å². The van der Waals surface area contributed by atoms with Crippen LogP contribution in [0.4, 0.5) is 0 Å². The summed E-state index contributed by atoms with van der Waals surface area (Å²) in [6, 6.07) is 3.88. The van der Waals surface area contributed by atoms with Crippen LogP contribution in [0.2, 0.25) is 0 Å². The summed E-state index contributed by atoms with van der Waals surface area (Å²) < 4.78 is 1.89. The summed E-state index contributed by atoms with van der Waals surface area (Å²) >= 11 is 0. The molecule has 0 unspecified atom stereocenters. The van der Waals surface area contributed by atoms with Gasteiger partial charge in [0.15, 0.2) is 0 Å². The van der Waals surface area contributed by atoms with Gasteiger partial charge in [0.05, 0.1) is 6.20 Å². The number of unbranched alkanes of at least 4 members (excludes halogenated alkanes) is 5. The van der Waals surface area contributed by atoms with Crippen molar-refractivity contribution in [3.63, 3.8) is 0 Å². The maximum absolute atomic E-state index is 10.8. The second-order valence-corrected chi connectivity index (χ2v) is 5.58. The van der Waals surface area contributed by atoms with Gasteiger partial charge in [-0.25, -0.2) is 0 Å². The third-order valence-electron chi connectivity index (χ3n) is 3.69. The first-order chi connectivity index (χ1) is 11.8. The number of hydroxylamine groups is 1. The third kappa shape index (κ3) is 6.28. The molecule has 128 valence electrons. The summed E-state index contributed by atoms with van der Waals surface area (Å²) in [7, 11) is 0. The van der Waals surface area contributed by atoms with Crippen LogP contribution in [0.1, 0.15) is 38.5 Å². The van der Waals surface area contributed by atoms with Crippen LogP contribution in [-0.2, 0) is 6.54 Å². The van der Waals surface area contributed by atoms with Gasteiger partial charge in [-0.05, 0) is 36.7 Å². The van der Waals surface area contributed by atoms with Gasteiger partial charge in [0.2, 0.25) is 6.20 Å². The van der Waals surface area contributed by atoms with Crippen LogP contribution in [0.5, 0.6) is 0 Å². The molecule has 2 rings (SSSR count). The van der Waals surface area contributed by atoms with E-state index in [1.807, 2.05) is 23.0 Å². The molecular weight excluding hydrogens is 304 g/mol. The number of azo groups is 1. The van der Waals surface area contributed by atoms with E-state index in [9.17, 15) is 5.21 Å². The zero-order chi connectivity index (χ0) is 17.0. The molecule has 0 aromatic carbocycles. The molecule has 0 bridgehead atoms. The molecule has 0 aliphatic heterocycles. The van der Waals surface area contributed by atoms with Gasteiger partial charge in [0.25, 0.3) is 0 Å². The largest absolute Gasteiger partial charge is 0.595 e. The van der Waals surface area contributed by atoms with Crippen molar-refractivity contribution in [2.45, 2.75) is 45.1 Å². The third-order valence-corrected chi connectivity index (χ3v) is 3.69. The standard InChI is InChI=1S/C17H24N6O/c1-2-23(24)19-12-7-5-3-4-6-8-13-22-15-17(20-21-22)16-10-9-11-18-14-16/h2,9-11,14-15H,1,3-8,12-13H2. The fourth-order valence-corrected chi connectivity index (χ4v) is 2.37. The molecule has 2 aromatic rings. The Morgan fingerprint density at radius 1 is 1.21 bits per heavy atom. The number of rotatable bonds is 11. The summed E-state index contributed by atoms with van der Waals surface area (Å²) in [6.07, 6.45) is 13.3. The van der Waals surface area contributed by atoms with Gasteiger partial charge >= 0.3 is 0 Å². The van der Waals surface area contributed by atoms with E-state index in [1.54, 1.807) is 12.4 Å². The van der Waals surface area contributed by atoms with Crippen molar-refractivity contribution in [1.82, 2.24) is 20.0 Å². The second kappa shape index (κ2) is 10.3. The molecule has 0 atom stereocenters. The monoisotopic (exact) mass is 328 g/mol. The molecule has 0 fully saturated rings. The molecule has 0 saturated heterocycles. The molecule has 7 nitrogen and oxygen atoms in total. The van der Waals surface area contributed by atoms with Crippen molar-refractivity contribution in [3.8, 4) is 11.3 Å². The van der Waals surface area contributed by atoms with Crippen LogP contribution >= 0.6 is 0 Å². The molecule has 2 aromatic heterocycles. The average Bonchev–Trinajstić information content (AvgIpc) is 3.09. The lowest BCUT2D eigenvalue weighted by atomic mass is 10.1. The van der Waals surface area contributed by atoms with E-state index in [0.29, 0.717) is 11.4 Å². The highest BCUT2D eigenvalue weighted by Crippen LogP contribution is 2.14. The molecule has 0 amide bonds. The van der Waals surface area contributed by atoms with Crippen molar-refractivity contribution >= 4 is 0 Å². The Balaban J connectivity index is 1.55. The Morgan fingerprint density at radius 3 is 2.75 bits per heavy atom. The molecule has 0 aliphatic rings. The fourth-order valence-electron chi connectivity index (χ4n) is 2.37. The van der Waals surface area contributed by atoms with E-state index in [-0.39, 0.29) is 0 Å². The van der Waals surface area contributed by atoms with E-state index in [2.05, 4.69) is 27.0 Å². The van der Waals surface area contributed by atoms with Gasteiger partial charge < -0.3 is 5.21 Å². The van der Waals surface area contributed by atoms with E-state index in [0.717, 1.165) is 37.1 Å². The molecule has 7 heteroatoms. The van der Waals surface area contributed by atoms with Crippen molar-refractivity contribution < 1.29 is 4.86 Å². The van der Waals surface area contributed by atoms with Crippen molar-refractivity contribution in [2.75, 3.05) is 6.54 Å². The SMILES string of the molecule is C=C[N+]([O-])=NCCCCCCCCn1cc(-c2cccnc2)nn1. The van der Waals surface area contributed by atoms with E-state index >= 15 is 0 Å². The van der Waals surface area contributed by atoms with Crippen LogP contribution in [0, 0.1) is 5.21 Å². The zero-order valence-electron chi connectivity index (χ0n) is 13.9. The number of hydrogen-bond donors (Lipinski definition) is 0. The van der Waals surface area contributed by atoms with Crippen LogP contribution in [0.3, 0.4) is 0 Å². The van der Waals surface area contributed by atoms with Crippen LogP contribution in [-0.4, -0.2) is 31.4 Å². The minimum Gasteiger partial charge on any atom is -0.595 e. The van der Waals surface area contributed by atoms with E-state index in [4.69, 9.17) is 0 Å². The Labute approximate surface area is 142 Å². The van der Waals surface area contributed by atoms with E-state index < -0.39 is 0 Å². The van der Waals surface area contributed by atoms with Crippen LogP contribution in [0.15, 0.2) is 48.6 Å². The first-order valence-corrected chi connectivity index (χ1v) is 8.36. The van der Waals surface area contributed by atoms with Crippen molar-refractivity contribution in [3.05, 3.63) is 48.7 Å². The number of pyridine rings is 1. The molecule has 24 heavy (non-hydrogen) atoms. The minimum absolute atomic E-state index is 0.526. The summed E-state index contributed by atoms with van der Waals surface area (Å²) in [4.78, 5) is 4.62. The number of aryl methyl sites for hydroxylation is 1. The lowest BCUT2D eigenvalue weighted by molar-refractivity contribution is -0.458. The summed E-state index contributed by atoms with van der Waals surface area (Å²) in [5, 5.41) is 23.0. The van der Waals surface area contributed by atoms with Crippen LogP contribution in [0.25, 0.3) is 11.3 Å². The normalized spacial score (nSPS) is 11.6. The zero-order valence-corrected chi connectivity index (χ0v) is 13.9. The summed E-state index contributed by atoms with van der Waals surface area (Å²) in [6.45, 7) is 4.82. The highest BCUT2D eigenvalue weighted by molar-refractivity contribution is 5.55. The molecule has 0 N–H and O–H groups in total. The summed E-state index contributed by atoms with van der Waals surface area (Å²) in [5.41, 5.74) is 1.85. The van der Waals surface area contributed by atoms with Gasteiger partial charge in [-0.3, -0.25) is 9.67 Å². The lowest BCUT2D eigenvalue weighted by Gasteiger charge is -2.01. The lowest BCUT2D eigenvalue weighted by Crippen LogP contribution is -1.98. The number of hydrogen-bond acceptors (Lipinski definition) is 5. The Kier molecular flexibility index (Phi) is 7.59. The topological polar surface area (TPSA) is 82.0 Å². The Morgan fingerprint density at radius 2 is 2.00 bits per heavy atom. The second-order valence-electron chi connectivity index (χ2n) is 5.58. The maximum atomic E-state index is 10.8. The molecule has 0 radical (unpaired) electrons. The molecule has 2 heterocycles. The van der Waals surface area contributed by atoms with Gasteiger partial charge in [-0.15, -0.1) is 5.10 Å². The predicted octanol–water partition coefficient (Wildman–Crippen LogP) is 3.79. The quantitative estimate of drug-likeness (QED) is 0.272. The first-order valence-electron chi connectivity index (χ1n) is 8.36. The van der Waals surface area contributed by atoms with Gasteiger partial charge in [-0.1, -0.05) is 35.8 Å². The number of aromatic nitrogens is 4. The highest BCUT2D eigenvalue weighted by atomic mass is 16.5. The first kappa shape index (κ1) is 17.8. The smallest absolute Gasteiger partial charge is 0.202 e. The Hall–Kier alpha value is -2.57. The highest BCUT2D eigenvalue weighted by Gasteiger charge is 2.03. The maximum Gasteiger partial charge on any atom is 0.202 e. The predicted molar refractivity (Wildman–Crippen MR) is 92.1 cm³/mol.